The summed E-state index contributed by atoms with van der Waals surface area (Å²) in [4.78, 5) is 67.5. The van der Waals surface area contributed by atoms with Gasteiger partial charge in [-0.25, -0.2) is 18.2 Å². The van der Waals surface area contributed by atoms with Crippen LogP contribution in [0.2, 0.25) is 0 Å². The summed E-state index contributed by atoms with van der Waals surface area (Å²) in [7, 11) is -2.49. The van der Waals surface area contributed by atoms with Crippen molar-refractivity contribution in [3.05, 3.63) is 54.7 Å². The number of amides is 4. The maximum atomic E-state index is 15.0. The molecule has 3 N–H and O–H groups in total. The van der Waals surface area contributed by atoms with Gasteiger partial charge in [-0.2, -0.15) is 13.2 Å². The van der Waals surface area contributed by atoms with E-state index in [9.17, 15) is 40.8 Å². The van der Waals surface area contributed by atoms with Crippen molar-refractivity contribution >= 4 is 44.6 Å². The van der Waals surface area contributed by atoms with Crippen LogP contribution in [-0.4, -0.2) is 108 Å². The van der Waals surface area contributed by atoms with E-state index in [0.29, 0.717) is 79.6 Å². The van der Waals surface area contributed by atoms with Crippen LogP contribution in [0.15, 0.2) is 54.7 Å². The summed E-state index contributed by atoms with van der Waals surface area (Å²) >= 11 is 0. The number of benzene rings is 1. The van der Waals surface area contributed by atoms with Crippen LogP contribution < -0.4 is 29.6 Å². The summed E-state index contributed by atoms with van der Waals surface area (Å²) in [5.74, 6) is -2.59. The highest BCUT2D eigenvalue weighted by atomic mass is 32.2. The molecular formula is C46H57F3N6O10S. The van der Waals surface area contributed by atoms with Crippen LogP contribution in [0, 0.1) is 17.8 Å². The average molecular weight is 943 g/mol. The number of fused-ring (bicyclic) bond motifs is 3. The fraction of sp³-hybridized carbons (Fsp3) is 0.565. The minimum atomic E-state index is -4.93. The fourth-order valence-corrected chi connectivity index (χ4v) is 9.89. The number of hydrogen-bond acceptors (Lipinski definition) is 12. The molecule has 4 aliphatic rings. The SMILES string of the molecule is COc1ccc2c(O[C@@H]3C[C@H]4C(=O)N[C@]5(C(=O)NS(=O)(=O)C6CC6)C[C@H]5/C=C\CC[C@@H](C)C[C@@H](C)[C@H](NC(=O)OC(C)(C)C(F)(F)F)C(=O)N4C3)nc(-c3ccc(OC(C)C)cn3)cc2c1. The number of nitrogens with zero attached hydrogens (tertiary/aromatic N) is 3. The number of halogens is 3. The van der Waals surface area contributed by atoms with E-state index in [1.54, 1.807) is 55.6 Å². The van der Waals surface area contributed by atoms with Crippen molar-refractivity contribution in [1.29, 1.82) is 0 Å². The topological polar surface area (TPSA) is 204 Å². The van der Waals surface area contributed by atoms with E-state index in [0.717, 1.165) is 0 Å². The molecule has 2 aliphatic carbocycles. The van der Waals surface area contributed by atoms with E-state index in [2.05, 4.69) is 20.3 Å². The minimum Gasteiger partial charge on any atom is -0.497 e. The van der Waals surface area contributed by atoms with Gasteiger partial charge in [0.05, 0.1) is 42.6 Å². The zero-order valence-corrected chi connectivity index (χ0v) is 38.8. The third-order valence-corrected chi connectivity index (χ3v) is 14.4. The highest BCUT2D eigenvalue weighted by Gasteiger charge is 2.62. The lowest BCUT2D eigenvalue weighted by Crippen LogP contribution is -2.59. The van der Waals surface area contributed by atoms with Gasteiger partial charge in [-0.1, -0.05) is 26.0 Å². The largest absolute Gasteiger partial charge is 0.497 e. The Kier molecular flexibility index (Phi) is 13.6. The first-order chi connectivity index (χ1) is 31.0. The Labute approximate surface area is 381 Å². The van der Waals surface area contributed by atoms with Crippen LogP contribution in [0.5, 0.6) is 17.4 Å². The molecule has 0 spiro atoms. The molecule has 16 nitrogen and oxygen atoms in total. The lowest BCUT2D eigenvalue weighted by Gasteiger charge is -2.34. The maximum absolute atomic E-state index is 15.0. The molecular weight excluding hydrogens is 886 g/mol. The maximum Gasteiger partial charge on any atom is 0.427 e. The highest BCUT2D eigenvalue weighted by molar-refractivity contribution is 7.91. The Balaban J connectivity index is 1.26. The zero-order valence-electron chi connectivity index (χ0n) is 37.9. The fourth-order valence-electron chi connectivity index (χ4n) is 8.53. The van der Waals surface area contributed by atoms with E-state index in [1.807, 2.05) is 26.8 Å². The number of carbonyl (C=O) groups is 4. The second-order valence-electron chi connectivity index (χ2n) is 18.7. The number of aromatic nitrogens is 2. The van der Waals surface area contributed by atoms with Crippen LogP contribution in [0.1, 0.15) is 86.5 Å². The molecule has 3 aromatic rings. The second-order valence-corrected chi connectivity index (χ2v) is 20.7. The monoisotopic (exact) mass is 942 g/mol. The molecule has 1 aromatic carbocycles. The summed E-state index contributed by atoms with van der Waals surface area (Å²) in [6, 6.07) is 7.70. The summed E-state index contributed by atoms with van der Waals surface area (Å²) in [5, 5.41) is 5.70. The van der Waals surface area contributed by atoms with Crippen molar-refractivity contribution in [3.63, 3.8) is 0 Å². The number of sulfonamides is 1. The number of pyridine rings is 2. The number of allylic oxidation sites excluding steroid dienone is 1. The average Bonchev–Trinajstić information content (AvgIpc) is 4.17. The van der Waals surface area contributed by atoms with Crippen molar-refractivity contribution in [2.45, 2.75) is 133 Å². The molecule has 2 aliphatic heterocycles. The van der Waals surface area contributed by atoms with Crippen molar-refractivity contribution < 1.29 is 59.7 Å². The van der Waals surface area contributed by atoms with E-state index < -0.39 is 86.4 Å². The molecule has 7 atom stereocenters. The van der Waals surface area contributed by atoms with Crippen molar-refractivity contribution in [3.8, 4) is 28.8 Å². The smallest absolute Gasteiger partial charge is 0.427 e. The quantitative estimate of drug-likeness (QED) is 0.180. The molecule has 1 saturated heterocycles. The van der Waals surface area contributed by atoms with Gasteiger partial charge < -0.3 is 34.5 Å². The van der Waals surface area contributed by atoms with Gasteiger partial charge in [0, 0.05) is 17.7 Å². The molecule has 20 heteroatoms. The molecule has 66 heavy (non-hydrogen) atoms. The molecule has 7 rings (SSSR count). The predicted octanol–water partition coefficient (Wildman–Crippen LogP) is 6.37. The standard InChI is InChI=1S/C46H57F3N6O10S/c1-25(2)63-31-13-17-35(50-23-31)36-20-28-19-30(62-7)12-16-34(28)40(51-36)64-32-21-37-39(56)53-45(42(58)54-66(60,61)33-14-15-33)22-29(45)11-9-8-10-26(3)18-27(4)38(41(57)55(37)24-32)52-43(59)65-44(5,6)46(47,48)49/h9,11-13,16-17,19-20,23,25-27,29,32-33,37-38H,8,10,14-15,18,21-22,24H2,1-7H3,(H,52,59)(H,53,56)(H,54,58)/b11-9-/t26-,27-,29-,32-,37+,38+,45-/m1/s1. The normalized spacial score (nSPS) is 26.8. The Bertz CT molecular complexity index is 2480. The third-order valence-electron chi connectivity index (χ3n) is 12.6. The third kappa shape index (κ3) is 10.6. The number of methoxy groups -OCH3 is 1. The molecule has 0 bridgehead atoms. The number of carbonyl (C=O) groups excluding carboxylic acids is 4. The second kappa shape index (κ2) is 18.6. The van der Waals surface area contributed by atoms with E-state index in [4.69, 9.17) is 23.9 Å². The van der Waals surface area contributed by atoms with E-state index in [1.165, 1.54) is 12.0 Å². The van der Waals surface area contributed by atoms with Crippen LogP contribution in [0.4, 0.5) is 18.0 Å². The van der Waals surface area contributed by atoms with Gasteiger partial charge in [0.15, 0.2) is 0 Å². The van der Waals surface area contributed by atoms with Crippen molar-refractivity contribution in [2.24, 2.45) is 17.8 Å². The lowest BCUT2D eigenvalue weighted by molar-refractivity contribution is -0.244. The van der Waals surface area contributed by atoms with Crippen LogP contribution in [0.3, 0.4) is 0 Å². The summed E-state index contributed by atoms with van der Waals surface area (Å²) in [6.07, 6.45) is -0.0558. The molecule has 2 aromatic heterocycles. The van der Waals surface area contributed by atoms with Crippen molar-refractivity contribution in [2.75, 3.05) is 13.7 Å². The van der Waals surface area contributed by atoms with Gasteiger partial charge in [0.1, 0.15) is 35.2 Å². The van der Waals surface area contributed by atoms with Crippen LogP contribution in [-0.2, 0) is 29.1 Å². The number of alkyl carbamates (subject to hydrolysis) is 1. The molecule has 0 unspecified atom stereocenters. The first-order valence-electron chi connectivity index (χ1n) is 22.2. The lowest BCUT2D eigenvalue weighted by atomic mass is 9.88. The number of hydrogen-bond donors (Lipinski definition) is 3. The first-order valence-corrected chi connectivity index (χ1v) is 23.7. The first kappa shape index (κ1) is 48.3. The van der Waals surface area contributed by atoms with E-state index in [-0.39, 0.29) is 37.3 Å². The number of nitrogens with one attached hydrogen (secondary N) is 3. The number of rotatable bonds is 11. The van der Waals surface area contributed by atoms with Gasteiger partial charge in [-0.15, -0.1) is 0 Å². The predicted molar refractivity (Wildman–Crippen MR) is 236 cm³/mol. The number of ether oxygens (including phenoxy) is 4. The Morgan fingerprint density at radius 3 is 2.38 bits per heavy atom. The van der Waals surface area contributed by atoms with Gasteiger partial charge in [-0.05, 0) is 120 Å². The summed E-state index contributed by atoms with van der Waals surface area (Å²) < 4.78 is 92.5. The molecule has 358 valence electrons. The molecule has 4 heterocycles. The van der Waals surface area contributed by atoms with Gasteiger partial charge in [-0.3, -0.25) is 24.1 Å². The molecule has 3 fully saturated rings. The molecule has 4 amide bonds. The molecule has 0 radical (unpaired) electrons. The Hall–Kier alpha value is -5.66. The van der Waals surface area contributed by atoms with Crippen LogP contribution >= 0.6 is 0 Å². The Morgan fingerprint density at radius 2 is 1.73 bits per heavy atom. The number of alkyl halides is 3. The Morgan fingerprint density at radius 1 is 1.00 bits per heavy atom. The summed E-state index contributed by atoms with van der Waals surface area (Å²) in [6.45, 7) is 8.52. The minimum absolute atomic E-state index is 0.0608. The van der Waals surface area contributed by atoms with Crippen molar-refractivity contribution in [1.82, 2.24) is 30.2 Å². The van der Waals surface area contributed by atoms with Gasteiger partial charge in [0.25, 0.3) is 5.91 Å². The van der Waals surface area contributed by atoms with Crippen LogP contribution in [0.25, 0.3) is 22.2 Å². The zero-order chi connectivity index (χ0) is 47.9. The van der Waals surface area contributed by atoms with E-state index >= 15 is 0 Å². The van der Waals surface area contributed by atoms with Gasteiger partial charge in [0.2, 0.25) is 33.3 Å². The highest BCUT2D eigenvalue weighted by Crippen LogP contribution is 2.46. The molecule has 2 saturated carbocycles. The van der Waals surface area contributed by atoms with Gasteiger partial charge >= 0.3 is 12.3 Å². The summed E-state index contributed by atoms with van der Waals surface area (Å²) in [5.41, 5.74) is -3.68.